The van der Waals surface area contributed by atoms with Gasteiger partial charge in [0.05, 0.1) is 4.90 Å². The molecule has 0 bridgehead atoms. The molecule has 0 aromatic heterocycles. The highest BCUT2D eigenvalue weighted by molar-refractivity contribution is 7.92. The third-order valence-electron chi connectivity index (χ3n) is 4.37. The van der Waals surface area contributed by atoms with Gasteiger partial charge in [0.2, 0.25) is 0 Å². The zero-order valence-corrected chi connectivity index (χ0v) is 17.7. The SMILES string of the molecule is Cc1ccc(S(=O)(=O)Nc2ccc(C(=O)N(C)Cc3cccc(Cl)c3)cc2)cc1. The number of rotatable bonds is 6. The summed E-state index contributed by atoms with van der Waals surface area (Å²) in [7, 11) is -1.98. The number of carbonyl (C=O) groups excluding carboxylic acids is 1. The second-order valence-corrected chi connectivity index (χ2v) is 8.91. The Balaban J connectivity index is 1.69. The van der Waals surface area contributed by atoms with E-state index in [1.165, 1.54) is 0 Å². The molecular weight excluding hydrogens is 408 g/mol. The van der Waals surface area contributed by atoms with Crippen molar-refractivity contribution in [3.63, 3.8) is 0 Å². The number of halogens is 1. The number of benzene rings is 3. The molecule has 0 radical (unpaired) electrons. The molecule has 3 rings (SSSR count). The Hall–Kier alpha value is -2.83. The molecule has 1 amide bonds. The van der Waals surface area contributed by atoms with Crippen LogP contribution < -0.4 is 4.72 Å². The minimum Gasteiger partial charge on any atom is -0.337 e. The van der Waals surface area contributed by atoms with Gasteiger partial charge in [-0.15, -0.1) is 0 Å². The van der Waals surface area contributed by atoms with Crippen molar-refractivity contribution in [1.29, 1.82) is 0 Å². The molecule has 5 nitrogen and oxygen atoms in total. The molecule has 0 spiro atoms. The molecule has 150 valence electrons. The van der Waals surface area contributed by atoms with E-state index in [-0.39, 0.29) is 10.8 Å². The fourth-order valence-corrected chi connectivity index (χ4v) is 4.09. The number of sulfonamides is 1. The Morgan fingerprint density at radius 1 is 1.00 bits per heavy atom. The van der Waals surface area contributed by atoms with Crippen molar-refractivity contribution in [2.45, 2.75) is 18.4 Å². The number of amides is 1. The molecule has 3 aromatic carbocycles. The number of aryl methyl sites for hydroxylation is 1. The van der Waals surface area contributed by atoms with Crippen molar-refractivity contribution in [2.75, 3.05) is 11.8 Å². The molecule has 0 fully saturated rings. The molecule has 0 aliphatic rings. The summed E-state index contributed by atoms with van der Waals surface area (Å²) >= 11 is 5.99. The summed E-state index contributed by atoms with van der Waals surface area (Å²) < 4.78 is 27.5. The van der Waals surface area contributed by atoms with Crippen LogP contribution in [0.4, 0.5) is 5.69 Å². The van der Waals surface area contributed by atoms with Crippen molar-refractivity contribution in [1.82, 2.24) is 4.90 Å². The molecule has 3 aromatic rings. The Bertz CT molecular complexity index is 1110. The third kappa shape index (κ3) is 5.37. The molecule has 0 saturated heterocycles. The summed E-state index contributed by atoms with van der Waals surface area (Å²) in [5.74, 6) is -0.169. The first kappa shape index (κ1) is 20.9. The van der Waals surface area contributed by atoms with Crippen LogP contribution in [0.2, 0.25) is 5.02 Å². The number of hydrogen-bond donors (Lipinski definition) is 1. The minimum atomic E-state index is -3.68. The monoisotopic (exact) mass is 428 g/mol. The smallest absolute Gasteiger partial charge is 0.261 e. The highest BCUT2D eigenvalue weighted by Gasteiger charge is 2.15. The second-order valence-electron chi connectivity index (χ2n) is 6.79. The Morgan fingerprint density at radius 3 is 2.28 bits per heavy atom. The van der Waals surface area contributed by atoms with Crippen LogP contribution in [0.15, 0.2) is 77.7 Å². The summed E-state index contributed by atoms with van der Waals surface area (Å²) in [6.07, 6.45) is 0. The molecule has 0 atom stereocenters. The van der Waals surface area contributed by atoms with E-state index >= 15 is 0 Å². The summed E-state index contributed by atoms with van der Waals surface area (Å²) in [6, 6.07) is 20.3. The van der Waals surface area contributed by atoms with Crippen LogP contribution in [0, 0.1) is 6.92 Å². The van der Waals surface area contributed by atoms with E-state index in [0.717, 1.165) is 11.1 Å². The quantitative estimate of drug-likeness (QED) is 0.617. The lowest BCUT2D eigenvalue weighted by Crippen LogP contribution is -2.26. The van der Waals surface area contributed by atoms with E-state index in [4.69, 9.17) is 11.6 Å². The number of anilines is 1. The minimum absolute atomic E-state index is 0.169. The van der Waals surface area contributed by atoms with Gasteiger partial charge in [-0.3, -0.25) is 9.52 Å². The number of carbonyl (C=O) groups is 1. The second kappa shape index (κ2) is 8.68. The van der Waals surface area contributed by atoms with E-state index in [2.05, 4.69) is 4.72 Å². The van der Waals surface area contributed by atoms with Crippen molar-refractivity contribution < 1.29 is 13.2 Å². The Kier molecular flexibility index (Phi) is 6.25. The van der Waals surface area contributed by atoms with E-state index in [1.807, 2.05) is 25.1 Å². The van der Waals surface area contributed by atoms with Crippen LogP contribution in [0.25, 0.3) is 0 Å². The van der Waals surface area contributed by atoms with Crippen LogP contribution in [0.3, 0.4) is 0 Å². The van der Waals surface area contributed by atoms with Crippen LogP contribution in [-0.2, 0) is 16.6 Å². The average molecular weight is 429 g/mol. The number of hydrogen-bond acceptors (Lipinski definition) is 3. The van der Waals surface area contributed by atoms with Gasteiger partial charge < -0.3 is 4.90 Å². The molecule has 0 aliphatic carbocycles. The van der Waals surface area contributed by atoms with Crippen LogP contribution >= 0.6 is 11.6 Å². The van der Waals surface area contributed by atoms with Crippen molar-refractivity contribution in [3.8, 4) is 0 Å². The maximum atomic E-state index is 12.6. The van der Waals surface area contributed by atoms with Gasteiger partial charge in [0.1, 0.15) is 0 Å². The molecule has 0 aliphatic heterocycles. The lowest BCUT2D eigenvalue weighted by molar-refractivity contribution is 0.0785. The lowest BCUT2D eigenvalue weighted by Gasteiger charge is -2.18. The predicted octanol–water partition coefficient (Wildman–Crippen LogP) is 4.72. The highest BCUT2D eigenvalue weighted by atomic mass is 35.5. The fraction of sp³-hybridized carbons (Fsp3) is 0.136. The largest absolute Gasteiger partial charge is 0.337 e. The molecule has 29 heavy (non-hydrogen) atoms. The van der Waals surface area contributed by atoms with Crippen molar-refractivity contribution in [2.24, 2.45) is 0 Å². The van der Waals surface area contributed by atoms with E-state index in [9.17, 15) is 13.2 Å². The molecule has 0 unspecified atom stereocenters. The zero-order valence-electron chi connectivity index (χ0n) is 16.1. The maximum Gasteiger partial charge on any atom is 0.261 e. The highest BCUT2D eigenvalue weighted by Crippen LogP contribution is 2.18. The Morgan fingerprint density at radius 2 is 1.66 bits per heavy atom. The standard InChI is InChI=1S/C22H21ClN2O3S/c1-16-6-12-21(13-7-16)29(27,28)24-20-10-8-18(9-11-20)22(26)25(2)15-17-4-3-5-19(23)14-17/h3-14,24H,15H2,1-2H3. The van der Waals surface area contributed by atoms with E-state index in [1.54, 1.807) is 66.5 Å². The average Bonchev–Trinajstić information content (AvgIpc) is 2.68. The fourth-order valence-electron chi connectivity index (χ4n) is 2.81. The predicted molar refractivity (Wildman–Crippen MR) is 116 cm³/mol. The van der Waals surface area contributed by atoms with Gasteiger partial charge in [-0.2, -0.15) is 0 Å². The molecule has 0 saturated carbocycles. The van der Waals surface area contributed by atoms with Gasteiger partial charge in [0, 0.05) is 29.9 Å². The van der Waals surface area contributed by atoms with Gasteiger partial charge in [0.15, 0.2) is 0 Å². The topological polar surface area (TPSA) is 66.5 Å². The van der Waals surface area contributed by atoms with E-state index < -0.39 is 10.0 Å². The third-order valence-corrected chi connectivity index (χ3v) is 6.00. The number of nitrogens with zero attached hydrogens (tertiary/aromatic N) is 1. The summed E-state index contributed by atoms with van der Waals surface area (Å²) in [5, 5.41) is 0.619. The lowest BCUT2D eigenvalue weighted by atomic mass is 10.1. The van der Waals surface area contributed by atoms with Crippen LogP contribution in [0.5, 0.6) is 0 Å². The summed E-state index contributed by atoms with van der Waals surface area (Å²) in [5.41, 5.74) is 2.76. The van der Waals surface area contributed by atoms with Crippen LogP contribution in [0.1, 0.15) is 21.5 Å². The van der Waals surface area contributed by atoms with Gasteiger partial charge in [-0.1, -0.05) is 41.4 Å². The van der Waals surface area contributed by atoms with Gasteiger partial charge >= 0.3 is 0 Å². The van der Waals surface area contributed by atoms with Crippen molar-refractivity contribution >= 4 is 33.2 Å². The van der Waals surface area contributed by atoms with Gasteiger partial charge in [-0.05, 0) is 61.0 Å². The zero-order chi connectivity index (χ0) is 21.0. The first-order valence-corrected chi connectivity index (χ1v) is 10.8. The Labute approximate surface area is 176 Å². The number of nitrogens with one attached hydrogen (secondary N) is 1. The molecule has 1 N–H and O–H groups in total. The van der Waals surface area contributed by atoms with Gasteiger partial charge in [0.25, 0.3) is 15.9 Å². The summed E-state index contributed by atoms with van der Waals surface area (Å²) in [4.78, 5) is 14.4. The van der Waals surface area contributed by atoms with Crippen LogP contribution in [-0.4, -0.2) is 26.3 Å². The first-order valence-electron chi connectivity index (χ1n) is 8.94. The molecule has 7 heteroatoms. The maximum absolute atomic E-state index is 12.6. The molecule has 0 heterocycles. The first-order chi connectivity index (χ1) is 13.7. The summed E-state index contributed by atoms with van der Waals surface area (Å²) in [6.45, 7) is 2.31. The normalized spacial score (nSPS) is 11.1. The van der Waals surface area contributed by atoms with Gasteiger partial charge in [-0.25, -0.2) is 8.42 Å². The van der Waals surface area contributed by atoms with Crippen molar-refractivity contribution in [3.05, 3.63) is 94.5 Å². The van der Waals surface area contributed by atoms with E-state index in [0.29, 0.717) is 22.8 Å². The molecular formula is C22H21ClN2O3S.